The van der Waals surface area contributed by atoms with Gasteiger partial charge in [-0.3, -0.25) is 14.6 Å². The van der Waals surface area contributed by atoms with Crippen molar-refractivity contribution in [2.75, 3.05) is 12.0 Å². The molecule has 2 amide bonds. The average Bonchev–Trinajstić information content (AvgIpc) is 3.34. The number of aliphatic hydroxyl groups is 1. The van der Waals surface area contributed by atoms with Gasteiger partial charge in [-0.2, -0.15) is 0 Å². The SMILES string of the molecule is CC1CC(C[C@@H](O)[C@H](Cc2ccccc2)NC(=O)[C@@H](CS(=O)(=O)c2cccc3cccnc23)NS(C)(=O)=O)C(C(=O)NC(C)(C)C)C1. The smallest absolute Gasteiger partial charge is 0.239 e. The van der Waals surface area contributed by atoms with Gasteiger partial charge in [-0.05, 0) is 76.0 Å². The van der Waals surface area contributed by atoms with E-state index in [1.54, 1.807) is 24.3 Å². The van der Waals surface area contributed by atoms with Crippen LogP contribution in [0.15, 0.2) is 71.8 Å². The number of hydrogen-bond donors (Lipinski definition) is 4. The molecule has 0 saturated heterocycles. The van der Waals surface area contributed by atoms with E-state index < -0.39 is 55.2 Å². The van der Waals surface area contributed by atoms with Crippen LogP contribution in [0, 0.1) is 17.8 Å². The summed E-state index contributed by atoms with van der Waals surface area (Å²) in [6, 6.07) is 14.6. The summed E-state index contributed by atoms with van der Waals surface area (Å²) in [5, 5.41) is 18.0. The molecule has 256 valence electrons. The Bertz CT molecular complexity index is 1770. The van der Waals surface area contributed by atoms with Crippen molar-refractivity contribution in [1.29, 1.82) is 0 Å². The molecule has 1 fully saturated rings. The van der Waals surface area contributed by atoms with Crippen LogP contribution >= 0.6 is 0 Å². The highest BCUT2D eigenvalue weighted by Gasteiger charge is 2.40. The van der Waals surface area contributed by atoms with Crippen LogP contribution in [0.5, 0.6) is 0 Å². The van der Waals surface area contributed by atoms with Gasteiger partial charge in [0.05, 0.1) is 34.6 Å². The van der Waals surface area contributed by atoms with Gasteiger partial charge in [0.2, 0.25) is 21.8 Å². The van der Waals surface area contributed by atoms with Gasteiger partial charge < -0.3 is 15.7 Å². The molecule has 4 rings (SSSR count). The van der Waals surface area contributed by atoms with Gasteiger partial charge in [-0.15, -0.1) is 0 Å². The monoisotopic (exact) mass is 686 g/mol. The zero-order valence-corrected chi connectivity index (χ0v) is 29.1. The van der Waals surface area contributed by atoms with Gasteiger partial charge >= 0.3 is 0 Å². The third kappa shape index (κ3) is 10.3. The fourth-order valence-corrected chi connectivity index (χ4v) is 8.83. The Morgan fingerprint density at radius 1 is 0.979 bits per heavy atom. The minimum atomic E-state index is -4.23. The highest BCUT2D eigenvalue weighted by molar-refractivity contribution is 7.92. The second kappa shape index (κ2) is 14.8. The number of para-hydroxylation sites is 1. The molecular formula is C34H46N4O7S2. The van der Waals surface area contributed by atoms with E-state index in [2.05, 4.69) is 27.3 Å². The highest BCUT2D eigenvalue weighted by atomic mass is 32.2. The van der Waals surface area contributed by atoms with E-state index in [0.717, 1.165) is 18.2 Å². The summed E-state index contributed by atoms with van der Waals surface area (Å²) < 4.78 is 54.3. The zero-order chi connectivity index (χ0) is 34.6. The summed E-state index contributed by atoms with van der Waals surface area (Å²) >= 11 is 0. The van der Waals surface area contributed by atoms with Crippen LogP contribution in [-0.4, -0.2) is 74.5 Å². The lowest BCUT2D eigenvalue weighted by Gasteiger charge is -2.31. The fraction of sp³-hybridized carbons (Fsp3) is 0.500. The predicted octanol–water partition coefficient (Wildman–Crippen LogP) is 2.98. The van der Waals surface area contributed by atoms with E-state index in [4.69, 9.17) is 0 Å². The van der Waals surface area contributed by atoms with E-state index in [1.165, 1.54) is 12.3 Å². The van der Waals surface area contributed by atoms with Gasteiger partial charge in [0, 0.05) is 23.0 Å². The zero-order valence-electron chi connectivity index (χ0n) is 27.5. The van der Waals surface area contributed by atoms with Crippen LogP contribution in [-0.2, 0) is 35.9 Å². The quantitative estimate of drug-likeness (QED) is 0.213. The minimum Gasteiger partial charge on any atom is -0.391 e. The molecule has 47 heavy (non-hydrogen) atoms. The molecule has 1 aromatic heterocycles. The number of sulfonamides is 1. The van der Waals surface area contributed by atoms with E-state index in [-0.39, 0.29) is 46.9 Å². The molecule has 0 bridgehead atoms. The fourth-order valence-electron chi connectivity index (χ4n) is 6.41. The Kier molecular flexibility index (Phi) is 11.5. The molecule has 1 aliphatic carbocycles. The maximum absolute atomic E-state index is 13.8. The first-order chi connectivity index (χ1) is 21.9. The molecule has 3 unspecified atom stereocenters. The van der Waals surface area contributed by atoms with Crippen molar-refractivity contribution in [2.24, 2.45) is 17.8 Å². The molecule has 2 aromatic carbocycles. The van der Waals surface area contributed by atoms with Crippen molar-refractivity contribution >= 4 is 42.6 Å². The van der Waals surface area contributed by atoms with Crippen LogP contribution in [0.4, 0.5) is 0 Å². The number of carbonyl (C=O) groups is 2. The molecule has 4 N–H and O–H groups in total. The van der Waals surface area contributed by atoms with Gasteiger partial charge in [0.25, 0.3) is 0 Å². The first kappa shape index (κ1) is 36.4. The Labute approximate surface area is 277 Å². The Morgan fingerprint density at radius 3 is 2.32 bits per heavy atom. The highest BCUT2D eigenvalue weighted by Crippen LogP contribution is 2.40. The number of sulfone groups is 1. The van der Waals surface area contributed by atoms with Crippen molar-refractivity contribution in [3.05, 3.63) is 72.4 Å². The topological polar surface area (TPSA) is 172 Å². The van der Waals surface area contributed by atoms with Crippen molar-refractivity contribution in [3.8, 4) is 0 Å². The second-order valence-electron chi connectivity index (χ2n) is 13.8. The van der Waals surface area contributed by atoms with Gasteiger partial charge in [0.15, 0.2) is 9.84 Å². The number of aliphatic hydroxyl groups excluding tert-OH is 1. The Hall–Kier alpha value is -3.39. The van der Waals surface area contributed by atoms with Gasteiger partial charge in [-0.1, -0.05) is 55.5 Å². The molecular weight excluding hydrogens is 641 g/mol. The number of amides is 2. The molecule has 0 radical (unpaired) electrons. The Balaban J connectivity index is 1.60. The van der Waals surface area contributed by atoms with Crippen LogP contribution in [0.25, 0.3) is 10.9 Å². The number of benzene rings is 2. The maximum Gasteiger partial charge on any atom is 0.239 e. The van der Waals surface area contributed by atoms with Crippen molar-refractivity contribution < 1.29 is 31.5 Å². The predicted molar refractivity (Wildman–Crippen MR) is 182 cm³/mol. The molecule has 3 aromatic rings. The largest absolute Gasteiger partial charge is 0.391 e. The molecule has 11 nitrogen and oxygen atoms in total. The van der Waals surface area contributed by atoms with Gasteiger partial charge in [0.1, 0.15) is 6.04 Å². The second-order valence-corrected chi connectivity index (χ2v) is 17.6. The molecule has 1 heterocycles. The number of nitrogens with zero attached hydrogens (tertiary/aromatic N) is 1. The van der Waals surface area contributed by atoms with Crippen molar-refractivity contribution in [1.82, 2.24) is 20.3 Å². The summed E-state index contributed by atoms with van der Waals surface area (Å²) in [7, 11) is -8.27. The molecule has 1 saturated carbocycles. The average molecular weight is 687 g/mol. The van der Waals surface area contributed by atoms with Crippen molar-refractivity contribution in [3.63, 3.8) is 0 Å². The summed E-state index contributed by atoms with van der Waals surface area (Å²) in [6.45, 7) is 7.81. The van der Waals surface area contributed by atoms with Crippen LogP contribution in [0.3, 0.4) is 0 Å². The standard InChI is InChI=1S/C34H46N4O7S2/c1-22-17-25(26(18-22)32(40)37-34(2,3)4)20-29(39)27(19-23-11-7-6-8-12-23)36-33(41)28(38-46(5,42)43)21-47(44,45)30-15-9-13-24-14-10-16-35-31(24)30/h6-16,22,25-29,38-39H,17-21H2,1-5H3,(H,36,41)(H,37,40)/t22?,25?,26?,27-,28+,29+/m0/s1. The molecule has 0 aliphatic heterocycles. The number of carbonyl (C=O) groups excluding carboxylic acids is 2. The molecule has 13 heteroatoms. The Morgan fingerprint density at radius 2 is 1.66 bits per heavy atom. The number of fused-ring (bicyclic) bond motifs is 1. The van der Waals surface area contributed by atoms with Crippen molar-refractivity contribution in [2.45, 2.75) is 82.0 Å². The normalized spacial score (nSPS) is 20.8. The molecule has 6 atom stereocenters. The van der Waals surface area contributed by atoms with E-state index >= 15 is 0 Å². The lowest BCUT2D eigenvalue weighted by molar-refractivity contribution is -0.128. The maximum atomic E-state index is 13.8. The van der Waals surface area contributed by atoms with Crippen LogP contribution in [0.2, 0.25) is 0 Å². The first-order valence-electron chi connectivity index (χ1n) is 15.8. The molecule has 1 aliphatic rings. The van der Waals surface area contributed by atoms with Gasteiger partial charge in [-0.25, -0.2) is 21.6 Å². The molecule has 0 spiro atoms. The van der Waals surface area contributed by atoms with Crippen LogP contribution < -0.4 is 15.4 Å². The lowest BCUT2D eigenvalue weighted by Crippen LogP contribution is -2.55. The summed E-state index contributed by atoms with van der Waals surface area (Å²) in [5.74, 6) is -2.04. The number of aromatic nitrogens is 1. The van der Waals surface area contributed by atoms with E-state index in [0.29, 0.717) is 11.8 Å². The first-order valence-corrected chi connectivity index (χ1v) is 19.3. The number of pyridine rings is 1. The summed E-state index contributed by atoms with van der Waals surface area (Å²) in [6.07, 6.45) is 3.00. The number of rotatable bonds is 13. The third-order valence-corrected chi connectivity index (χ3v) is 10.9. The number of hydrogen-bond acceptors (Lipinski definition) is 8. The van der Waals surface area contributed by atoms with Crippen LogP contribution in [0.1, 0.15) is 52.5 Å². The summed E-state index contributed by atoms with van der Waals surface area (Å²) in [5.41, 5.74) is 0.599. The number of nitrogens with one attached hydrogen (secondary N) is 3. The lowest BCUT2D eigenvalue weighted by atomic mass is 9.86. The summed E-state index contributed by atoms with van der Waals surface area (Å²) in [4.78, 5) is 31.1. The van der Waals surface area contributed by atoms with E-state index in [1.807, 2.05) is 51.1 Å². The third-order valence-electron chi connectivity index (χ3n) is 8.39. The van der Waals surface area contributed by atoms with E-state index in [9.17, 15) is 31.5 Å². The minimum absolute atomic E-state index is 0.0757.